The van der Waals surface area contributed by atoms with Crippen molar-refractivity contribution >= 4 is 23.8 Å². The number of hydrogen-bond acceptors (Lipinski definition) is 4. The maximum absolute atomic E-state index is 12.6. The van der Waals surface area contributed by atoms with Gasteiger partial charge in [-0.25, -0.2) is 9.69 Å². The number of amides is 5. The van der Waals surface area contributed by atoms with Gasteiger partial charge in [0.05, 0.1) is 0 Å². The highest BCUT2D eigenvalue weighted by atomic mass is 16.2. The van der Waals surface area contributed by atoms with Crippen molar-refractivity contribution in [1.82, 2.24) is 15.1 Å². The van der Waals surface area contributed by atoms with Crippen molar-refractivity contribution in [3.63, 3.8) is 0 Å². The summed E-state index contributed by atoms with van der Waals surface area (Å²) in [7, 11) is 0. The summed E-state index contributed by atoms with van der Waals surface area (Å²) in [4.78, 5) is 51.0. The van der Waals surface area contributed by atoms with E-state index in [1.165, 1.54) is 0 Å². The van der Waals surface area contributed by atoms with Crippen molar-refractivity contribution in [2.45, 2.75) is 70.4 Å². The number of nitrogens with one attached hydrogen (secondary N) is 1. The smallest absolute Gasteiger partial charge is 0.334 e. The first kappa shape index (κ1) is 16.9. The molecule has 0 aromatic carbocycles. The van der Waals surface area contributed by atoms with Crippen LogP contribution < -0.4 is 5.32 Å². The van der Waals surface area contributed by atoms with E-state index in [-0.39, 0.29) is 30.5 Å². The summed E-state index contributed by atoms with van der Waals surface area (Å²) in [6.07, 6.45) is 7.72. The molecule has 1 heterocycles. The standard InChI is InChI=1S/C17H25N3O4/c1-11-6-2-5-9-13(11)20-16(23)15(22)19(17(20)24)10-14(21)18-12-7-3-4-8-12/h11-13H,2-10H2,1H3,(H,18,21)/t11-,13+/m1/s1. The largest absolute Gasteiger partial charge is 0.352 e. The Hall–Kier alpha value is -1.92. The summed E-state index contributed by atoms with van der Waals surface area (Å²) in [5.41, 5.74) is 0. The normalized spacial score (nSPS) is 28.8. The van der Waals surface area contributed by atoms with Crippen LogP contribution in [0.2, 0.25) is 0 Å². The van der Waals surface area contributed by atoms with Crippen LogP contribution in [0.5, 0.6) is 0 Å². The lowest BCUT2D eigenvalue weighted by molar-refractivity contribution is -0.145. The summed E-state index contributed by atoms with van der Waals surface area (Å²) >= 11 is 0. The Morgan fingerprint density at radius 1 is 1.00 bits per heavy atom. The van der Waals surface area contributed by atoms with E-state index < -0.39 is 17.8 Å². The maximum atomic E-state index is 12.6. The first-order valence-corrected chi connectivity index (χ1v) is 8.97. The zero-order valence-electron chi connectivity index (χ0n) is 14.1. The summed E-state index contributed by atoms with van der Waals surface area (Å²) in [6.45, 7) is 1.64. The van der Waals surface area contributed by atoms with Gasteiger partial charge in [0.1, 0.15) is 6.54 Å². The van der Waals surface area contributed by atoms with Gasteiger partial charge in [0.2, 0.25) is 5.91 Å². The SMILES string of the molecule is C[C@@H]1CCCC[C@@H]1N1C(=O)C(=O)N(CC(=O)NC2CCCC2)C1=O. The molecule has 1 aliphatic heterocycles. The Labute approximate surface area is 141 Å². The molecule has 2 aliphatic carbocycles. The number of carbonyl (C=O) groups excluding carboxylic acids is 4. The molecule has 3 fully saturated rings. The molecule has 2 saturated carbocycles. The van der Waals surface area contributed by atoms with Crippen molar-refractivity contribution < 1.29 is 19.2 Å². The molecule has 1 saturated heterocycles. The predicted octanol–water partition coefficient (Wildman–Crippen LogP) is 1.41. The summed E-state index contributed by atoms with van der Waals surface area (Å²) in [6, 6.07) is -0.744. The highest BCUT2D eigenvalue weighted by molar-refractivity contribution is 6.45. The molecule has 1 N–H and O–H groups in total. The van der Waals surface area contributed by atoms with Gasteiger partial charge in [-0.3, -0.25) is 19.3 Å². The van der Waals surface area contributed by atoms with Gasteiger partial charge in [0.15, 0.2) is 0 Å². The second-order valence-electron chi connectivity index (χ2n) is 7.23. The molecule has 5 amide bonds. The summed E-state index contributed by atoms with van der Waals surface area (Å²) in [5.74, 6) is -1.84. The third kappa shape index (κ3) is 3.16. The topological polar surface area (TPSA) is 86.8 Å². The Morgan fingerprint density at radius 3 is 2.29 bits per heavy atom. The van der Waals surface area contributed by atoms with Gasteiger partial charge in [0, 0.05) is 12.1 Å². The maximum Gasteiger partial charge on any atom is 0.334 e. The third-order valence-corrected chi connectivity index (χ3v) is 5.50. The van der Waals surface area contributed by atoms with E-state index in [0.29, 0.717) is 0 Å². The van der Waals surface area contributed by atoms with Crippen LogP contribution in [0.25, 0.3) is 0 Å². The van der Waals surface area contributed by atoms with Crippen LogP contribution in [0.1, 0.15) is 58.3 Å². The zero-order valence-corrected chi connectivity index (χ0v) is 14.1. The average Bonchev–Trinajstić information content (AvgIpc) is 3.12. The molecule has 0 bridgehead atoms. The molecule has 0 spiro atoms. The quantitative estimate of drug-likeness (QED) is 0.622. The minimum atomic E-state index is -0.876. The number of carbonyl (C=O) groups is 4. The van der Waals surface area contributed by atoms with E-state index in [1.54, 1.807) is 0 Å². The van der Waals surface area contributed by atoms with Crippen molar-refractivity contribution in [2.24, 2.45) is 5.92 Å². The first-order chi connectivity index (χ1) is 11.5. The number of hydrogen-bond donors (Lipinski definition) is 1. The summed E-state index contributed by atoms with van der Waals surface area (Å²) in [5, 5.41) is 2.85. The van der Waals surface area contributed by atoms with Gasteiger partial charge < -0.3 is 5.32 Å². The number of nitrogens with zero attached hydrogens (tertiary/aromatic N) is 2. The molecule has 7 nitrogen and oxygen atoms in total. The van der Waals surface area contributed by atoms with Crippen molar-refractivity contribution in [2.75, 3.05) is 6.54 Å². The molecule has 3 rings (SSSR count). The van der Waals surface area contributed by atoms with Crippen LogP contribution in [-0.4, -0.2) is 52.2 Å². The molecule has 132 valence electrons. The lowest BCUT2D eigenvalue weighted by Crippen LogP contribution is -2.47. The van der Waals surface area contributed by atoms with Crippen LogP contribution in [0.4, 0.5) is 4.79 Å². The van der Waals surface area contributed by atoms with E-state index >= 15 is 0 Å². The Morgan fingerprint density at radius 2 is 1.62 bits per heavy atom. The molecule has 0 radical (unpaired) electrons. The number of imide groups is 2. The fraction of sp³-hybridized carbons (Fsp3) is 0.765. The van der Waals surface area contributed by atoms with Gasteiger partial charge in [0.25, 0.3) is 0 Å². The second kappa shape index (κ2) is 6.91. The van der Waals surface area contributed by atoms with Gasteiger partial charge in [-0.15, -0.1) is 0 Å². The van der Waals surface area contributed by atoms with Gasteiger partial charge >= 0.3 is 17.8 Å². The third-order valence-electron chi connectivity index (χ3n) is 5.50. The van der Waals surface area contributed by atoms with Gasteiger partial charge in [-0.05, 0) is 31.6 Å². The van der Waals surface area contributed by atoms with E-state index in [2.05, 4.69) is 5.32 Å². The zero-order chi connectivity index (χ0) is 17.3. The van der Waals surface area contributed by atoms with Crippen molar-refractivity contribution in [3.8, 4) is 0 Å². The monoisotopic (exact) mass is 335 g/mol. The molecule has 3 aliphatic rings. The van der Waals surface area contributed by atoms with Crippen LogP contribution in [0.3, 0.4) is 0 Å². The minimum Gasteiger partial charge on any atom is -0.352 e. The lowest BCUT2D eigenvalue weighted by Gasteiger charge is -2.34. The molecule has 0 unspecified atom stereocenters. The molecule has 24 heavy (non-hydrogen) atoms. The summed E-state index contributed by atoms with van der Waals surface area (Å²) < 4.78 is 0. The van der Waals surface area contributed by atoms with Crippen LogP contribution >= 0.6 is 0 Å². The Bertz CT molecular complexity index is 556. The van der Waals surface area contributed by atoms with Gasteiger partial charge in [-0.1, -0.05) is 32.6 Å². The second-order valence-corrected chi connectivity index (χ2v) is 7.23. The fourth-order valence-electron chi connectivity index (χ4n) is 4.12. The van der Waals surface area contributed by atoms with E-state index in [4.69, 9.17) is 0 Å². The fourth-order valence-corrected chi connectivity index (χ4v) is 4.12. The van der Waals surface area contributed by atoms with E-state index in [0.717, 1.165) is 61.2 Å². The molecular formula is C17H25N3O4. The number of rotatable bonds is 4. The number of urea groups is 1. The average molecular weight is 335 g/mol. The van der Waals surface area contributed by atoms with Crippen LogP contribution in [-0.2, 0) is 14.4 Å². The van der Waals surface area contributed by atoms with Gasteiger partial charge in [-0.2, -0.15) is 0 Å². The Kier molecular flexibility index (Phi) is 4.87. The molecule has 0 aromatic rings. The molecule has 0 aromatic heterocycles. The highest BCUT2D eigenvalue weighted by Gasteiger charge is 2.49. The minimum absolute atomic E-state index is 0.121. The molecule has 7 heteroatoms. The van der Waals surface area contributed by atoms with Crippen molar-refractivity contribution in [1.29, 1.82) is 0 Å². The Balaban J connectivity index is 1.66. The van der Waals surface area contributed by atoms with E-state index in [1.807, 2.05) is 6.92 Å². The van der Waals surface area contributed by atoms with Crippen molar-refractivity contribution in [3.05, 3.63) is 0 Å². The first-order valence-electron chi connectivity index (χ1n) is 8.97. The van der Waals surface area contributed by atoms with Crippen LogP contribution in [0.15, 0.2) is 0 Å². The van der Waals surface area contributed by atoms with E-state index in [9.17, 15) is 19.2 Å². The predicted molar refractivity (Wildman–Crippen MR) is 85.8 cm³/mol. The highest BCUT2D eigenvalue weighted by Crippen LogP contribution is 2.31. The molecule has 2 atom stereocenters. The molecular weight excluding hydrogens is 310 g/mol. The van der Waals surface area contributed by atoms with Crippen LogP contribution in [0, 0.1) is 5.92 Å². The lowest BCUT2D eigenvalue weighted by atomic mass is 9.85.